The number of sulfonamides is 1. The van der Waals surface area contributed by atoms with Crippen LogP contribution in [0.2, 0.25) is 0 Å². The molecular weight excluding hydrogens is 332 g/mol. The van der Waals surface area contributed by atoms with Crippen molar-refractivity contribution in [2.45, 2.75) is 26.4 Å². The fourth-order valence-corrected chi connectivity index (χ4v) is 4.39. The number of fused-ring (bicyclic) bond motifs is 1. The van der Waals surface area contributed by atoms with Gasteiger partial charge in [-0.05, 0) is 26.3 Å². The van der Waals surface area contributed by atoms with Gasteiger partial charge < -0.3 is 14.1 Å². The molecule has 8 heteroatoms. The van der Waals surface area contributed by atoms with E-state index in [0.29, 0.717) is 44.1 Å². The number of carbonyl (C=O) groups excluding carboxylic acids is 1. The lowest BCUT2D eigenvalue weighted by Crippen LogP contribution is -2.49. The number of aryl methyl sites for hydroxylation is 2. The summed E-state index contributed by atoms with van der Waals surface area (Å²) in [5.74, 6) is 1.43. The van der Waals surface area contributed by atoms with E-state index in [0.717, 1.165) is 12.2 Å². The van der Waals surface area contributed by atoms with Crippen LogP contribution in [0.1, 0.15) is 28.3 Å². The molecule has 0 spiro atoms. The lowest BCUT2D eigenvalue weighted by atomic mass is 9.93. The quantitative estimate of drug-likeness (QED) is 0.790. The Hall–Kier alpha value is -1.38. The minimum Gasteiger partial charge on any atom is -0.466 e. The molecule has 2 aliphatic heterocycles. The standard InChI is InChI=1S/C16H24N2O5S/c1-11-8-14(12(2)23-11)16(19)17-5-4-13-9-18(24(3,20)21)6-7-22-15(13)10-17/h8,13,15H,4-7,9-10H2,1-3H3/t13-,15-/m0/s1. The zero-order chi connectivity index (χ0) is 17.5. The molecule has 1 amide bonds. The molecule has 1 aromatic rings. The molecular formula is C16H24N2O5S. The Kier molecular flexibility index (Phi) is 4.72. The van der Waals surface area contributed by atoms with Gasteiger partial charge >= 0.3 is 0 Å². The van der Waals surface area contributed by atoms with Crippen LogP contribution in [0.4, 0.5) is 0 Å². The van der Waals surface area contributed by atoms with E-state index in [4.69, 9.17) is 9.15 Å². The highest BCUT2D eigenvalue weighted by molar-refractivity contribution is 7.88. The van der Waals surface area contributed by atoms with Gasteiger partial charge in [-0.2, -0.15) is 4.31 Å². The van der Waals surface area contributed by atoms with Gasteiger partial charge in [0.2, 0.25) is 10.0 Å². The normalized spacial score (nSPS) is 26.0. The van der Waals surface area contributed by atoms with Gasteiger partial charge in [0.05, 0.1) is 24.5 Å². The van der Waals surface area contributed by atoms with Gasteiger partial charge in [0.15, 0.2) is 0 Å². The number of amides is 1. The summed E-state index contributed by atoms with van der Waals surface area (Å²) >= 11 is 0. The lowest BCUT2D eigenvalue weighted by Gasteiger charge is -2.37. The Bertz CT molecular complexity index is 727. The van der Waals surface area contributed by atoms with Crippen LogP contribution in [-0.2, 0) is 14.8 Å². The van der Waals surface area contributed by atoms with Gasteiger partial charge in [0.25, 0.3) is 5.91 Å². The van der Waals surface area contributed by atoms with Crippen molar-refractivity contribution in [2.75, 3.05) is 39.0 Å². The van der Waals surface area contributed by atoms with Crippen molar-refractivity contribution in [3.8, 4) is 0 Å². The first-order valence-electron chi connectivity index (χ1n) is 8.18. The molecule has 3 rings (SSSR count). The van der Waals surface area contributed by atoms with E-state index in [1.165, 1.54) is 10.6 Å². The monoisotopic (exact) mass is 356 g/mol. The second-order valence-corrected chi connectivity index (χ2v) is 8.64. The maximum absolute atomic E-state index is 12.7. The molecule has 0 radical (unpaired) electrons. The van der Waals surface area contributed by atoms with Gasteiger partial charge in [-0.25, -0.2) is 8.42 Å². The van der Waals surface area contributed by atoms with Crippen molar-refractivity contribution in [1.29, 1.82) is 0 Å². The van der Waals surface area contributed by atoms with Crippen LogP contribution in [-0.4, -0.2) is 68.7 Å². The summed E-state index contributed by atoms with van der Waals surface area (Å²) in [6.07, 6.45) is 1.84. The van der Waals surface area contributed by atoms with Crippen LogP contribution < -0.4 is 0 Å². The predicted molar refractivity (Wildman–Crippen MR) is 88.3 cm³/mol. The highest BCUT2D eigenvalue weighted by atomic mass is 32.2. The maximum atomic E-state index is 12.7. The fourth-order valence-electron chi connectivity index (χ4n) is 3.52. The van der Waals surface area contributed by atoms with Crippen LogP contribution >= 0.6 is 0 Å². The Balaban J connectivity index is 1.71. The lowest BCUT2D eigenvalue weighted by molar-refractivity contribution is -0.0170. The summed E-state index contributed by atoms with van der Waals surface area (Å²) in [5, 5.41) is 0. The number of hydrogen-bond donors (Lipinski definition) is 0. The maximum Gasteiger partial charge on any atom is 0.257 e. The smallest absolute Gasteiger partial charge is 0.257 e. The average molecular weight is 356 g/mol. The number of likely N-dealkylation sites (tertiary alicyclic amines) is 1. The molecule has 0 unspecified atom stereocenters. The Morgan fingerprint density at radius 3 is 2.62 bits per heavy atom. The zero-order valence-electron chi connectivity index (χ0n) is 14.3. The molecule has 0 bridgehead atoms. The van der Waals surface area contributed by atoms with Crippen LogP contribution in [0.5, 0.6) is 0 Å². The molecule has 134 valence electrons. The van der Waals surface area contributed by atoms with Crippen LogP contribution in [0, 0.1) is 19.8 Å². The largest absolute Gasteiger partial charge is 0.466 e. The Morgan fingerprint density at radius 1 is 1.25 bits per heavy atom. The van der Waals surface area contributed by atoms with Gasteiger partial charge in [-0.15, -0.1) is 0 Å². The third-order valence-electron chi connectivity index (χ3n) is 4.83. The molecule has 1 aromatic heterocycles. The molecule has 24 heavy (non-hydrogen) atoms. The van der Waals surface area contributed by atoms with Crippen molar-refractivity contribution in [3.05, 3.63) is 23.2 Å². The third-order valence-corrected chi connectivity index (χ3v) is 6.10. The molecule has 0 saturated carbocycles. The highest BCUT2D eigenvalue weighted by Gasteiger charge is 2.37. The molecule has 0 aromatic carbocycles. The summed E-state index contributed by atoms with van der Waals surface area (Å²) in [6.45, 7) is 5.91. The van der Waals surface area contributed by atoms with Crippen LogP contribution in [0.3, 0.4) is 0 Å². The van der Waals surface area contributed by atoms with Crippen molar-refractivity contribution < 1.29 is 22.4 Å². The predicted octanol–water partition coefficient (Wildman–Crippen LogP) is 1.02. The Labute approximate surface area is 142 Å². The number of rotatable bonds is 2. The van der Waals surface area contributed by atoms with E-state index in [1.807, 2.05) is 6.92 Å². The summed E-state index contributed by atoms with van der Waals surface area (Å²) in [7, 11) is -3.22. The van der Waals surface area contributed by atoms with Gasteiger partial charge in [-0.3, -0.25) is 4.79 Å². The second kappa shape index (κ2) is 6.50. The van der Waals surface area contributed by atoms with E-state index in [9.17, 15) is 13.2 Å². The minimum absolute atomic E-state index is 0.0457. The zero-order valence-corrected chi connectivity index (χ0v) is 15.1. The van der Waals surface area contributed by atoms with Crippen molar-refractivity contribution in [3.63, 3.8) is 0 Å². The molecule has 2 fully saturated rings. The number of ether oxygens (including phenoxy) is 1. The summed E-state index contributed by atoms with van der Waals surface area (Å²) < 4.78 is 36.4. The molecule has 2 saturated heterocycles. The topological polar surface area (TPSA) is 80.1 Å². The SMILES string of the molecule is Cc1cc(C(=O)N2CC[C@H]3CN(S(C)(=O)=O)CCO[C@H]3C2)c(C)o1. The number of carbonyl (C=O) groups is 1. The van der Waals surface area contributed by atoms with Crippen LogP contribution in [0.15, 0.2) is 10.5 Å². The molecule has 2 aliphatic rings. The van der Waals surface area contributed by atoms with E-state index < -0.39 is 10.0 Å². The average Bonchev–Trinajstić information content (AvgIpc) is 2.72. The van der Waals surface area contributed by atoms with Gasteiger partial charge in [-0.1, -0.05) is 0 Å². The van der Waals surface area contributed by atoms with Crippen LogP contribution in [0.25, 0.3) is 0 Å². The molecule has 7 nitrogen and oxygen atoms in total. The summed E-state index contributed by atoms with van der Waals surface area (Å²) in [4.78, 5) is 14.5. The summed E-state index contributed by atoms with van der Waals surface area (Å²) in [5.41, 5.74) is 0.595. The second-order valence-electron chi connectivity index (χ2n) is 6.66. The number of nitrogens with zero attached hydrogens (tertiary/aromatic N) is 2. The summed E-state index contributed by atoms with van der Waals surface area (Å²) in [6, 6.07) is 1.77. The van der Waals surface area contributed by atoms with E-state index in [2.05, 4.69) is 0 Å². The molecule has 3 heterocycles. The fraction of sp³-hybridized carbons (Fsp3) is 0.688. The molecule has 2 atom stereocenters. The van der Waals surface area contributed by atoms with E-state index in [-0.39, 0.29) is 17.9 Å². The Morgan fingerprint density at radius 2 is 2.00 bits per heavy atom. The minimum atomic E-state index is -3.22. The van der Waals surface area contributed by atoms with E-state index >= 15 is 0 Å². The molecule has 0 aliphatic carbocycles. The van der Waals surface area contributed by atoms with Crippen molar-refractivity contribution in [2.24, 2.45) is 5.92 Å². The molecule has 0 N–H and O–H groups in total. The number of piperidine rings is 1. The van der Waals surface area contributed by atoms with Crippen molar-refractivity contribution in [1.82, 2.24) is 9.21 Å². The van der Waals surface area contributed by atoms with E-state index in [1.54, 1.807) is 17.9 Å². The van der Waals surface area contributed by atoms with Gasteiger partial charge in [0, 0.05) is 32.1 Å². The first kappa shape index (κ1) is 17.4. The first-order chi connectivity index (χ1) is 11.3. The highest BCUT2D eigenvalue weighted by Crippen LogP contribution is 2.27. The number of hydrogen-bond acceptors (Lipinski definition) is 5. The van der Waals surface area contributed by atoms with Gasteiger partial charge in [0.1, 0.15) is 11.5 Å². The third kappa shape index (κ3) is 3.50. The number of furan rings is 1. The van der Waals surface area contributed by atoms with Crippen molar-refractivity contribution >= 4 is 15.9 Å². The first-order valence-corrected chi connectivity index (χ1v) is 10.0.